The molecular formula is C19H21N3O7. The van der Waals surface area contributed by atoms with Crippen LogP contribution >= 0.6 is 0 Å². The summed E-state index contributed by atoms with van der Waals surface area (Å²) in [6, 6.07) is 5.77. The normalized spacial score (nSPS) is 16.6. The fourth-order valence-corrected chi connectivity index (χ4v) is 3.14. The van der Waals surface area contributed by atoms with Gasteiger partial charge in [-0.2, -0.15) is 0 Å². The third-order valence-corrected chi connectivity index (χ3v) is 4.22. The first kappa shape index (κ1) is 21.6. The Morgan fingerprint density at radius 3 is 2.34 bits per heavy atom. The molecule has 154 valence electrons. The summed E-state index contributed by atoms with van der Waals surface area (Å²) in [5, 5.41) is 26.4. The van der Waals surface area contributed by atoms with Gasteiger partial charge in [-0.3, -0.25) is 10.1 Å². The van der Waals surface area contributed by atoms with Crippen LogP contribution in [-0.2, 0) is 19.1 Å². The molecule has 0 aromatic heterocycles. The lowest BCUT2D eigenvalue weighted by Gasteiger charge is -2.29. The van der Waals surface area contributed by atoms with E-state index in [1.165, 1.54) is 18.2 Å². The maximum atomic E-state index is 12.8. The van der Waals surface area contributed by atoms with E-state index in [0.717, 1.165) is 6.21 Å². The van der Waals surface area contributed by atoms with E-state index in [4.69, 9.17) is 14.7 Å². The summed E-state index contributed by atoms with van der Waals surface area (Å²) < 4.78 is 10.2. The third kappa shape index (κ3) is 4.42. The molecule has 1 atom stereocenters. The van der Waals surface area contributed by atoms with E-state index < -0.39 is 22.8 Å². The van der Waals surface area contributed by atoms with Crippen molar-refractivity contribution in [3.05, 3.63) is 62.5 Å². The van der Waals surface area contributed by atoms with Crippen LogP contribution in [0.1, 0.15) is 32.3 Å². The van der Waals surface area contributed by atoms with Gasteiger partial charge < -0.3 is 20.0 Å². The Morgan fingerprint density at radius 1 is 1.21 bits per heavy atom. The van der Waals surface area contributed by atoms with Crippen molar-refractivity contribution < 1.29 is 29.2 Å². The molecule has 0 amide bonds. The van der Waals surface area contributed by atoms with Crippen molar-refractivity contribution in [3.8, 4) is 0 Å². The zero-order chi connectivity index (χ0) is 21.6. The number of nitrogens with one attached hydrogen (secondary N) is 1. The van der Waals surface area contributed by atoms with E-state index in [1.54, 1.807) is 26.8 Å². The quantitative estimate of drug-likeness (QED) is 0.232. The maximum absolute atomic E-state index is 12.8. The Kier molecular flexibility index (Phi) is 7.07. The van der Waals surface area contributed by atoms with Crippen molar-refractivity contribution in [2.75, 3.05) is 13.2 Å². The van der Waals surface area contributed by atoms with Crippen LogP contribution in [0.2, 0.25) is 0 Å². The van der Waals surface area contributed by atoms with Crippen molar-refractivity contribution in [2.24, 2.45) is 5.16 Å². The van der Waals surface area contributed by atoms with Gasteiger partial charge in [-0.25, -0.2) is 9.59 Å². The molecule has 1 aliphatic heterocycles. The molecule has 0 spiro atoms. The molecule has 0 fully saturated rings. The van der Waals surface area contributed by atoms with Gasteiger partial charge in [-0.15, -0.1) is 0 Å². The number of carbonyl (C=O) groups is 2. The second-order valence-corrected chi connectivity index (χ2v) is 5.93. The first-order valence-electron chi connectivity index (χ1n) is 8.84. The van der Waals surface area contributed by atoms with Gasteiger partial charge in [0.15, 0.2) is 0 Å². The minimum absolute atomic E-state index is 0.0271. The van der Waals surface area contributed by atoms with Crippen LogP contribution in [0.5, 0.6) is 0 Å². The molecule has 0 saturated carbocycles. The van der Waals surface area contributed by atoms with Crippen LogP contribution < -0.4 is 5.32 Å². The van der Waals surface area contributed by atoms with Gasteiger partial charge in [0.05, 0.1) is 47.1 Å². The highest BCUT2D eigenvalue weighted by molar-refractivity contribution is 6.04. The molecule has 2 N–H and O–H groups in total. The average Bonchev–Trinajstić information content (AvgIpc) is 2.67. The number of para-hydroxylation sites is 1. The number of oxime groups is 1. The number of dihydropyridines is 1. The summed E-state index contributed by atoms with van der Waals surface area (Å²) >= 11 is 0. The monoisotopic (exact) mass is 403 g/mol. The number of benzene rings is 1. The molecule has 10 heteroatoms. The summed E-state index contributed by atoms with van der Waals surface area (Å²) in [4.78, 5) is 36.5. The first-order chi connectivity index (χ1) is 13.9. The molecule has 10 nitrogen and oxygen atoms in total. The summed E-state index contributed by atoms with van der Waals surface area (Å²) in [5.41, 5.74) is 0.102. The number of nitro groups is 1. The molecule has 1 aromatic rings. The van der Waals surface area contributed by atoms with Gasteiger partial charge in [-0.05, 0) is 20.8 Å². The fourth-order valence-electron chi connectivity index (χ4n) is 3.14. The molecule has 0 aliphatic carbocycles. The molecule has 29 heavy (non-hydrogen) atoms. The lowest BCUT2D eigenvalue weighted by Crippen LogP contribution is -2.34. The number of hydrogen-bond acceptors (Lipinski definition) is 9. The molecule has 2 rings (SSSR count). The standard InChI is InChI=1S/C19H21N3O7/c1-4-28-18(23)15-11(3)21-13(10-20-25)17(19(24)29-5-2)16(15)12-8-6-7-9-14(12)22(26)27/h6-10,16,21,25H,4-5H2,1-3H3/b20-10-. The zero-order valence-electron chi connectivity index (χ0n) is 16.2. The molecule has 0 saturated heterocycles. The highest BCUT2D eigenvalue weighted by Gasteiger charge is 2.41. The topological polar surface area (TPSA) is 140 Å². The molecule has 0 radical (unpaired) electrons. The molecular weight excluding hydrogens is 382 g/mol. The smallest absolute Gasteiger partial charge is 0.337 e. The number of nitro benzene ring substituents is 1. The molecule has 1 heterocycles. The van der Waals surface area contributed by atoms with Crippen LogP contribution in [0.4, 0.5) is 5.69 Å². The van der Waals surface area contributed by atoms with E-state index in [1.807, 2.05) is 0 Å². The van der Waals surface area contributed by atoms with Crippen molar-refractivity contribution in [1.82, 2.24) is 5.32 Å². The number of esters is 2. The van der Waals surface area contributed by atoms with Gasteiger partial charge in [-0.1, -0.05) is 23.4 Å². The van der Waals surface area contributed by atoms with Gasteiger partial charge in [0.25, 0.3) is 5.69 Å². The number of ether oxygens (including phenoxy) is 2. The van der Waals surface area contributed by atoms with Crippen LogP contribution in [0, 0.1) is 10.1 Å². The van der Waals surface area contributed by atoms with E-state index >= 15 is 0 Å². The maximum Gasteiger partial charge on any atom is 0.337 e. The van der Waals surface area contributed by atoms with Crippen molar-refractivity contribution in [1.29, 1.82) is 0 Å². The predicted octanol–water partition coefficient (Wildman–Crippen LogP) is 2.40. The summed E-state index contributed by atoms with van der Waals surface area (Å²) in [6.07, 6.45) is 0.972. The van der Waals surface area contributed by atoms with E-state index in [0.29, 0.717) is 5.70 Å². The highest BCUT2D eigenvalue weighted by Crippen LogP contribution is 2.42. The Bertz CT molecular complexity index is 918. The van der Waals surface area contributed by atoms with Crippen molar-refractivity contribution in [2.45, 2.75) is 26.7 Å². The number of allylic oxidation sites excluding steroid dienone is 2. The van der Waals surface area contributed by atoms with Crippen molar-refractivity contribution in [3.63, 3.8) is 0 Å². The van der Waals surface area contributed by atoms with Gasteiger partial charge >= 0.3 is 11.9 Å². The zero-order valence-corrected chi connectivity index (χ0v) is 16.2. The predicted molar refractivity (Wildman–Crippen MR) is 102 cm³/mol. The van der Waals surface area contributed by atoms with E-state index in [2.05, 4.69) is 10.5 Å². The van der Waals surface area contributed by atoms with Crippen LogP contribution in [0.15, 0.2) is 52.0 Å². The second kappa shape index (κ2) is 9.49. The third-order valence-electron chi connectivity index (χ3n) is 4.22. The van der Waals surface area contributed by atoms with Gasteiger partial charge in [0.2, 0.25) is 0 Å². The molecule has 1 unspecified atom stereocenters. The minimum atomic E-state index is -1.16. The molecule has 1 aromatic carbocycles. The first-order valence-corrected chi connectivity index (χ1v) is 8.84. The minimum Gasteiger partial charge on any atom is -0.463 e. The Balaban J connectivity index is 2.85. The highest BCUT2D eigenvalue weighted by atomic mass is 16.6. The summed E-state index contributed by atoms with van der Waals surface area (Å²) in [5.74, 6) is -2.71. The second-order valence-electron chi connectivity index (χ2n) is 5.93. The van der Waals surface area contributed by atoms with Crippen LogP contribution in [0.3, 0.4) is 0 Å². The Morgan fingerprint density at radius 2 is 1.79 bits per heavy atom. The summed E-state index contributed by atoms with van der Waals surface area (Å²) in [7, 11) is 0. The van der Waals surface area contributed by atoms with E-state index in [9.17, 15) is 19.7 Å². The van der Waals surface area contributed by atoms with Gasteiger partial charge in [0, 0.05) is 17.3 Å². The Labute approximate surface area is 166 Å². The average molecular weight is 403 g/mol. The SMILES string of the molecule is CCOC(=O)C1=C(C)NC(/C=N\O)=C(C(=O)OCC)C1c1ccccc1[N+](=O)[O-]. The lowest BCUT2D eigenvalue weighted by atomic mass is 9.79. The van der Waals surface area contributed by atoms with Crippen LogP contribution in [-0.4, -0.2) is 41.5 Å². The lowest BCUT2D eigenvalue weighted by molar-refractivity contribution is -0.385. The Hall–Kier alpha value is -3.69. The van der Waals surface area contributed by atoms with Crippen molar-refractivity contribution >= 4 is 23.8 Å². The molecule has 1 aliphatic rings. The van der Waals surface area contributed by atoms with E-state index in [-0.39, 0.29) is 41.3 Å². The molecule has 0 bridgehead atoms. The largest absolute Gasteiger partial charge is 0.463 e. The number of hydrogen-bond donors (Lipinski definition) is 2. The fraction of sp³-hybridized carbons (Fsp3) is 0.316. The van der Waals surface area contributed by atoms with Gasteiger partial charge in [0.1, 0.15) is 0 Å². The number of rotatable bonds is 7. The summed E-state index contributed by atoms with van der Waals surface area (Å²) in [6.45, 7) is 4.88. The van der Waals surface area contributed by atoms with Crippen LogP contribution in [0.25, 0.3) is 0 Å². The number of nitrogens with zero attached hydrogens (tertiary/aromatic N) is 2. The number of carbonyl (C=O) groups excluding carboxylic acids is 2.